The molecule has 6 rings (SSSR count). The zero-order valence-electron chi connectivity index (χ0n) is 19.3. The van der Waals surface area contributed by atoms with Crippen LogP contribution in [0.2, 0.25) is 0 Å². The third kappa shape index (κ3) is 2.71. The van der Waals surface area contributed by atoms with Gasteiger partial charge in [0.2, 0.25) is 0 Å². The average Bonchev–Trinajstić information content (AvgIpc) is 3.17. The first-order valence-corrected chi connectivity index (χ1v) is 11.9. The Labute approximate surface area is 202 Å². The molecular weight excluding hydrogens is 410 g/mol. The molecule has 0 saturated heterocycles. The van der Waals surface area contributed by atoms with Crippen molar-refractivity contribution >= 4 is 0 Å². The van der Waals surface area contributed by atoms with Crippen LogP contribution in [0.15, 0.2) is 146 Å². The zero-order valence-corrected chi connectivity index (χ0v) is 19.3. The third-order valence-electron chi connectivity index (χ3n) is 7.48. The molecule has 0 N–H and O–H groups in total. The Morgan fingerprint density at radius 2 is 0.588 bits per heavy atom. The SMILES string of the molecule is CN1C(c2ccccc2)(c2ccccc2)c2ccccc2C1(c1ccccc1)c1ccccc1. The molecule has 1 heteroatoms. The van der Waals surface area contributed by atoms with E-state index in [2.05, 4.69) is 158 Å². The van der Waals surface area contributed by atoms with Gasteiger partial charge in [-0.1, -0.05) is 146 Å². The molecule has 0 spiro atoms. The minimum absolute atomic E-state index is 0.454. The van der Waals surface area contributed by atoms with Crippen LogP contribution >= 0.6 is 0 Å². The van der Waals surface area contributed by atoms with Crippen LogP contribution in [0.3, 0.4) is 0 Å². The molecule has 5 aromatic rings. The van der Waals surface area contributed by atoms with Crippen LogP contribution in [0.5, 0.6) is 0 Å². The van der Waals surface area contributed by atoms with Gasteiger partial charge in [-0.15, -0.1) is 0 Å². The summed E-state index contributed by atoms with van der Waals surface area (Å²) in [5, 5.41) is 0. The van der Waals surface area contributed by atoms with Crippen molar-refractivity contribution in [2.75, 3.05) is 7.05 Å². The van der Waals surface area contributed by atoms with E-state index >= 15 is 0 Å². The normalized spacial score (nSPS) is 16.1. The van der Waals surface area contributed by atoms with Crippen LogP contribution < -0.4 is 0 Å². The largest absolute Gasteiger partial charge is 0.271 e. The van der Waals surface area contributed by atoms with Crippen LogP contribution in [0, 0.1) is 0 Å². The molecule has 1 heterocycles. The first-order valence-electron chi connectivity index (χ1n) is 11.9. The Bertz CT molecular complexity index is 1200. The number of benzene rings is 5. The quantitative estimate of drug-likeness (QED) is 0.287. The lowest BCUT2D eigenvalue weighted by atomic mass is 9.76. The smallest absolute Gasteiger partial charge is 0.0986 e. The summed E-state index contributed by atoms with van der Waals surface area (Å²) >= 11 is 0. The second-order valence-electron chi connectivity index (χ2n) is 8.99. The van der Waals surface area contributed by atoms with Crippen LogP contribution in [-0.2, 0) is 11.1 Å². The highest BCUT2D eigenvalue weighted by atomic mass is 15.3. The molecular formula is C33H27N. The van der Waals surface area contributed by atoms with E-state index in [4.69, 9.17) is 0 Å². The van der Waals surface area contributed by atoms with Gasteiger partial charge in [0.05, 0.1) is 11.1 Å². The lowest BCUT2D eigenvalue weighted by molar-refractivity contribution is 0.134. The zero-order chi connectivity index (χ0) is 23.0. The number of fused-ring (bicyclic) bond motifs is 1. The topological polar surface area (TPSA) is 3.24 Å². The van der Waals surface area contributed by atoms with Crippen molar-refractivity contribution in [3.63, 3.8) is 0 Å². The fourth-order valence-electron chi connectivity index (χ4n) is 6.17. The maximum Gasteiger partial charge on any atom is 0.0986 e. The summed E-state index contributed by atoms with van der Waals surface area (Å²) in [6.45, 7) is 0. The Balaban J connectivity index is 1.80. The van der Waals surface area contributed by atoms with Gasteiger partial charge >= 0.3 is 0 Å². The van der Waals surface area contributed by atoms with Gasteiger partial charge in [0, 0.05) is 0 Å². The molecule has 0 saturated carbocycles. The summed E-state index contributed by atoms with van der Waals surface area (Å²) in [5.41, 5.74) is 6.81. The van der Waals surface area contributed by atoms with Crippen LogP contribution in [0.4, 0.5) is 0 Å². The van der Waals surface area contributed by atoms with Gasteiger partial charge in [0.25, 0.3) is 0 Å². The number of rotatable bonds is 4. The van der Waals surface area contributed by atoms with Crippen molar-refractivity contribution in [1.29, 1.82) is 0 Å². The van der Waals surface area contributed by atoms with Gasteiger partial charge in [0.15, 0.2) is 0 Å². The molecule has 0 bridgehead atoms. The van der Waals surface area contributed by atoms with Crippen LogP contribution in [0.25, 0.3) is 0 Å². The molecule has 164 valence electrons. The van der Waals surface area contributed by atoms with Gasteiger partial charge < -0.3 is 0 Å². The summed E-state index contributed by atoms with van der Waals surface area (Å²) in [6, 6.07) is 52.8. The lowest BCUT2D eigenvalue weighted by Gasteiger charge is -2.47. The van der Waals surface area contributed by atoms with Crippen molar-refractivity contribution in [1.82, 2.24) is 4.90 Å². The summed E-state index contributed by atoms with van der Waals surface area (Å²) in [5.74, 6) is 0. The molecule has 0 aromatic heterocycles. The second-order valence-corrected chi connectivity index (χ2v) is 8.99. The van der Waals surface area contributed by atoms with E-state index in [0.29, 0.717) is 0 Å². The minimum atomic E-state index is -0.454. The highest BCUT2D eigenvalue weighted by Gasteiger charge is 2.59. The Morgan fingerprint density at radius 1 is 0.353 bits per heavy atom. The van der Waals surface area contributed by atoms with Gasteiger partial charge in [-0.2, -0.15) is 0 Å². The molecule has 0 amide bonds. The van der Waals surface area contributed by atoms with Gasteiger partial charge in [0.1, 0.15) is 0 Å². The predicted molar refractivity (Wildman–Crippen MR) is 140 cm³/mol. The van der Waals surface area contributed by atoms with E-state index in [1.807, 2.05) is 0 Å². The molecule has 34 heavy (non-hydrogen) atoms. The first kappa shape index (κ1) is 20.7. The standard InChI is InChI=1S/C33H27N/c1-34-32(26-16-6-2-7-17-26,27-18-8-3-9-19-27)30-24-14-15-25-31(30)33(34,28-20-10-4-11-21-28)29-22-12-5-13-23-29/h2-25H,1H3. The van der Waals surface area contributed by atoms with E-state index < -0.39 is 11.1 Å². The summed E-state index contributed by atoms with van der Waals surface area (Å²) in [7, 11) is 2.29. The maximum absolute atomic E-state index is 2.60. The fourth-order valence-corrected chi connectivity index (χ4v) is 6.17. The van der Waals surface area contributed by atoms with E-state index in [1.54, 1.807) is 0 Å². The highest BCUT2D eigenvalue weighted by molar-refractivity contribution is 5.65. The predicted octanol–water partition coefficient (Wildman–Crippen LogP) is 7.22. The summed E-state index contributed by atoms with van der Waals surface area (Å²) < 4.78 is 0. The van der Waals surface area contributed by atoms with Crippen molar-refractivity contribution < 1.29 is 0 Å². The van der Waals surface area contributed by atoms with Gasteiger partial charge in [-0.3, -0.25) is 4.90 Å². The van der Waals surface area contributed by atoms with E-state index in [0.717, 1.165) is 0 Å². The summed E-state index contributed by atoms with van der Waals surface area (Å²) in [6.07, 6.45) is 0. The Morgan fingerprint density at radius 3 is 0.853 bits per heavy atom. The van der Waals surface area contributed by atoms with Gasteiger partial charge in [-0.05, 0) is 40.4 Å². The van der Waals surface area contributed by atoms with Crippen molar-refractivity contribution in [3.05, 3.63) is 179 Å². The Hall–Kier alpha value is -3.94. The first-order chi connectivity index (χ1) is 16.8. The summed E-state index contributed by atoms with van der Waals surface area (Å²) in [4.78, 5) is 2.60. The number of nitrogens with zero attached hydrogens (tertiary/aromatic N) is 1. The van der Waals surface area contributed by atoms with Crippen molar-refractivity contribution in [2.45, 2.75) is 11.1 Å². The average molecular weight is 438 g/mol. The van der Waals surface area contributed by atoms with Crippen molar-refractivity contribution in [3.8, 4) is 0 Å². The molecule has 0 radical (unpaired) electrons. The lowest BCUT2D eigenvalue weighted by Crippen LogP contribution is -2.51. The second kappa shape index (κ2) is 8.13. The van der Waals surface area contributed by atoms with Crippen molar-refractivity contribution in [2.24, 2.45) is 0 Å². The minimum Gasteiger partial charge on any atom is -0.271 e. The molecule has 5 aromatic carbocycles. The fraction of sp³-hybridized carbons (Fsp3) is 0.0909. The molecule has 0 atom stereocenters. The molecule has 1 aliphatic heterocycles. The monoisotopic (exact) mass is 437 g/mol. The Kier molecular flexibility index (Phi) is 4.94. The van der Waals surface area contributed by atoms with Crippen LogP contribution in [-0.4, -0.2) is 11.9 Å². The molecule has 0 aliphatic carbocycles. The molecule has 0 fully saturated rings. The number of hydrogen-bond acceptors (Lipinski definition) is 1. The molecule has 1 nitrogen and oxygen atoms in total. The van der Waals surface area contributed by atoms with E-state index in [-0.39, 0.29) is 0 Å². The molecule has 1 aliphatic rings. The highest BCUT2D eigenvalue weighted by Crippen LogP contribution is 2.59. The van der Waals surface area contributed by atoms with Gasteiger partial charge in [-0.25, -0.2) is 0 Å². The third-order valence-corrected chi connectivity index (χ3v) is 7.48. The maximum atomic E-state index is 2.60. The van der Waals surface area contributed by atoms with E-state index in [1.165, 1.54) is 33.4 Å². The number of hydrogen-bond donors (Lipinski definition) is 0. The van der Waals surface area contributed by atoms with Crippen LogP contribution in [0.1, 0.15) is 33.4 Å². The van der Waals surface area contributed by atoms with E-state index in [9.17, 15) is 0 Å². The molecule has 0 unspecified atom stereocenters.